The molecule has 0 bridgehead atoms. The number of likely N-dealkylation sites (tertiary alicyclic amines) is 1. The standard InChI is InChI=1S/C18H28N6O5/c1-17(2,19)15(27)23-7-10(25)6-18(3,29)11(8-23)24-9-20-13-12(24)14(26)22(5)16(28)21(13)4/h9-11,25,29H,6-8,19H2,1-5H3/t10-,11+,18+/m1/s1. The Bertz CT molecular complexity index is 1070. The highest BCUT2D eigenvalue weighted by atomic mass is 16.3. The first-order valence-electron chi connectivity index (χ1n) is 9.37. The smallest absolute Gasteiger partial charge is 0.332 e. The molecule has 1 saturated heterocycles. The summed E-state index contributed by atoms with van der Waals surface area (Å²) in [5.74, 6) is -0.385. The molecular formula is C18H28N6O5. The number of nitrogens with zero attached hydrogens (tertiary/aromatic N) is 5. The van der Waals surface area contributed by atoms with Gasteiger partial charge >= 0.3 is 5.69 Å². The highest BCUT2D eigenvalue weighted by Gasteiger charge is 2.43. The van der Waals surface area contributed by atoms with Crippen molar-refractivity contribution in [1.29, 1.82) is 0 Å². The van der Waals surface area contributed by atoms with E-state index in [0.29, 0.717) is 0 Å². The monoisotopic (exact) mass is 408 g/mol. The molecule has 3 rings (SSSR count). The van der Waals surface area contributed by atoms with E-state index < -0.39 is 34.5 Å². The Kier molecular flexibility index (Phi) is 4.96. The molecule has 1 fully saturated rings. The number of aliphatic hydroxyl groups excluding tert-OH is 1. The van der Waals surface area contributed by atoms with Crippen molar-refractivity contribution in [3.8, 4) is 0 Å². The van der Waals surface area contributed by atoms with Crippen LogP contribution in [0.1, 0.15) is 33.2 Å². The fourth-order valence-corrected chi connectivity index (χ4v) is 3.97. The maximum Gasteiger partial charge on any atom is 0.332 e. The fraction of sp³-hybridized carbons (Fsp3) is 0.667. The molecule has 2 aromatic heterocycles. The fourth-order valence-electron chi connectivity index (χ4n) is 3.97. The van der Waals surface area contributed by atoms with E-state index in [1.165, 1.54) is 34.5 Å². The molecule has 3 heterocycles. The van der Waals surface area contributed by atoms with E-state index in [1.54, 1.807) is 20.8 Å². The molecule has 2 aromatic rings. The van der Waals surface area contributed by atoms with Crippen LogP contribution in [0.4, 0.5) is 0 Å². The largest absolute Gasteiger partial charge is 0.391 e. The van der Waals surface area contributed by atoms with Crippen LogP contribution in [0.5, 0.6) is 0 Å². The number of β-amino-alcohol motifs (C(OH)–C–C–N with tert-alkyl or cyclic N) is 1. The highest BCUT2D eigenvalue weighted by Crippen LogP contribution is 2.33. The molecular weight excluding hydrogens is 380 g/mol. The third-order valence-electron chi connectivity index (χ3n) is 5.54. The Morgan fingerprint density at radius 3 is 2.48 bits per heavy atom. The van der Waals surface area contributed by atoms with Gasteiger partial charge in [-0.15, -0.1) is 0 Å². The Labute approximate surface area is 167 Å². The van der Waals surface area contributed by atoms with Gasteiger partial charge in [-0.05, 0) is 20.8 Å². The number of hydrogen-bond donors (Lipinski definition) is 3. The molecule has 0 spiro atoms. The lowest BCUT2D eigenvalue weighted by molar-refractivity contribution is -0.137. The Hall–Kier alpha value is -2.50. The van der Waals surface area contributed by atoms with Crippen LogP contribution < -0.4 is 17.0 Å². The summed E-state index contributed by atoms with van der Waals surface area (Å²) in [6.45, 7) is 4.70. The van der Waals surface area contributed by atoms with Gasteiger partial charge in [0.25, 0.3) is 5.56 Å². The minimum Gasteiger partial charge on any atom is -0.391 e. The summed E-state index contributed by atoms with van der Waals surface area (Å²) in [6.07, 6.45) is 0.389. The number of aromatic nitrogens is 4. The van der Waals surface area contributed by atoms with Crippen molar-refractivity contribution in [3.05, 3.63) is 27.2 Å². The summed E-state index contributed by atoms with van der Waals surface area (Å²) < 4.78 is 3.70. The molecule has 11 nitrogen and oxygen atoms in total. The first-order chi connectivity index (χ1) is 13.3. The number of fused-ring (bicyclic) bond motifs is 1. The van der Waals surface area contributed by atoms with Crippen LogP contribution in [0.15, 0.2) is 15.9 Å². The molecule has 0 aromatic carbocycles. The highest BCUT2D eigenvalue weighted by molar-refractivity contribution is 5.85. The van der Waals surface area contributed by atoms with Crippen LogP contribution in [0.2, 0.25) is 0 Å². The predicted molar refractivity (Wildman–Crippen MR) is 105 cm³/mol. The van der Waals surface area contributed by atoms with E-state index in [1.807, 2.05) is 0 Å². The molecule has 1 aliphatic heterocycles. The molecule has 0 aliphatic carbocycles. The van der Waals surface area contributed by atoms with E-state index in [0.717, 1.165) is 4.57 Å². The van der Waals surface area contributed by atoms with Crippen LogP contribution in [0, 0.1) is 0 Å². The number of nitrogens with two attached hydrogens (primary N) is 1. The lowest BCUT2D eigenvalue weighted by atomic mass is 9.91. The predicted octanol–water partition coefficient (Wildman–Crippen LogP) is -1.94. The number of carbonyl (C=O) groups excluding carboxylic acids is 1. The van der Waals surface area contributed by atoms with Crippen LogP contribution in [-0.2, 0) is 18.9 Å². The van der Waals surface area contributed by atoms with Crippen molar-refractivity contribution in [1.82, 2.24) is 23.6 Å². The lowest BCUT2D eigenvalue weighted by Gasteiger charge is -2.35. The van der Waals surface area contributed by atoms with Crippen molar-refractivity contribution in [2.45, 2.75) is 50.5 Å². The average molecular weight is 408 g/mol. The number of hydrogen-bond acceptors (Lipinski definition) is 7. The summed E-state index contributed by atoms with van der Waals surface area (Å²) in [4.78, 5) is 43.4. The van der Waals surface area contributed by atoms with Gasteiger partial charge in [0, 0.05) is 33.6 Å². The van der Waals surface area contributed by atoms with Crippen molar-refractivity contribution >= 4 is 17.1 Å². The van der Waals surface area contributed by atoms with Crippen LogP contribution in [0.3, 0.4) is 0 Å². The molecule has 3 atom stereocenters. The summed E-state index contributed by atoms with van der Waals surface area (Å²) in [5.41, 5.74) is 2.57. The lowest BCUT2D eigenvalue weighted by Crippen LogP contribution is -2.53. The third kappa shape index (κ3) is 3.49. The van der Waals surface area contributed by atoms with Gasteiger partial charge in [-0.2, -0.15) is 0 Å². The second kappa shape index (κ2) is 6.78. The van der Waals surface area contributed by atoms with Crippen LogP contribution in [-0.4, -0.2) is 70.0 Å². The number of aryl methyl sites for hydroxylation is 1. The maximum atomic E-state index is 12.8. The maximum absolute atomic E-state index is 12.8. The normalized spacial score (nSPS) is 26.0. The van der Waals surface area contributed by atoms with Gasteiger partial charge in [0.05, 0.1) is 29.6 Å². The van der Waals surface area contributed by atoms with Gasteiger partial charge < -0.3 is 25.4 Å². The first-order valence-corrected chi connectivity index (χ1v) is 9.37. The molecule has 29 heavy (non-hydrogen) atoms. The van der Waals surface area contributed by atoms with E-state index in [9.17, 15) is 24.6 Å². The third-order valence-corrected chi connectivity index (χ3v) is 5.54. The second-order valence-corrected chi connectivity index (χ2v) is 8.69. The summed E-state index contributed by atoms with van der Waals surface area (Å²) >= 11 is 0. The van der Waals surface area contributed by atoms with E-state index >= 15 is 0 Å². The van der Waals surface area contributed by atoms with Crippen molar-refractivity contribution in [2.24, 2.45) is 19.8 Å². The minimum absolute atomic E-state index is 0.00917. The Morgan fingerprint density at radius 1 is 1.28 bits per heavy atom. The Morgan fingerprint density at radius 2 is 1.90 bits per heavy atom. The van der Waals surface area contributed by atoms with Gasteiger partial charge in [0.1, 0.15) is 0 Å². The molecule has 4 N–H and O–H groups in total. The second-order valence-electron chi connectivity index (χ2n) is 8.69. The molecule has 1 amide bonds. The van der Waals surface area contributed by atoms with E-state index in [4.69, 9.17) is 5.73 Å². The van der Waals surface area contributed by atoms with Gasteiger partial charge in [0.15, 0.2) is 11.2 Å². The number of imidazole rings is 1. The van der Waals surface area contributed by atoms with Crippen LogP contribution >= 0.6 is 0 Å². The first kappa shape index (κ1) is 21.2. The van der Waals surface area contributed by atoms with Crippen molar-refractivity contribution in [3.63, 3.8) is 0 Å². The van der Waals surface area contributed by atoms with E-state index in [-0.39, 0.29) is 36.6 Å². The molecule has 0 unspecified atom stereocenters. The molecule has 0 radical (unpaired) electrons. The number of rotatable bonds is 2. The van der Waals surface area contributed by atoms with Crippen LogP contribution in [0.25, 0.3) is 11.2 Å². The summed E-state index contributed by atoms with van der Waals surface area (Å²) in [7, 11) is 2.87. The van der Waals surface area contributed by atoms with Gasteiger partial charge in [-0.3, -0.25) is 18.7 Å². The van der Waals surface area contributed by atoms with Gasteiger partial charge in [-0.25, -0.2) is 9.78 Å². The minimum atomic E-state index is -1.46. The number of carbonyl (C=O) groups is 1. The number of amides is 1. The average Bonchev–Trinajstić information content (AvgIpc) is 2.99. The zero-order chi connectivity index (χ0) is 21.9. The molecule has 1 aliphatic rings. The zero-order valence-corrected chi connectivity index (χ0v) is 17.3. The summed E-state index contributed by atoms with van der Waals surface area (Å²) in [6, 6.07) is -0.791. The molecule has 0 saturated carbocycles. The van der Waals surface area contributed by atoms with Gasteiger partial charge in [-0.1, -0.05) is 0 Å². The summed E-state index contributed by atoms with van der Waals surface area (Å²) in [5, 5.41) is 21.5. The molecule has 11 heteroatoms. The van der Waals surface area contributed by atoms with Gasteiger partial charge in [0.2, 0.25) is 5.91 Å². The number of aliphatic hydroxyl groups is 2. The van der Waals surface area contributed by atoms with E-state index in [2.05, 4.69) is 4.98 Å². The molecule has 160 valence electrons. The topological polar surface area (TPSA) is 149 Å². The zero-order valence-electron chi connectivity index (χ0n) is 17.3. The SMILES string of the molecule is Cn1c(=O)c2c(ncn2[C@H]2CN(C(=O)C(C)(C)N)C[C@H](O)C[C@]2(C)O)n(C)c1=O. The van der Waals surface area contributed by atoms with Crippen molar-refractivity contribution < 1.29 is 15.0 Å². The quantitative estimate of drug-likeness (QED) is 0.523. The Balaban J connectivity index is 2.21. The van der Waals surface area contributed by atoms with Crippen molar-refractivity contribution in [2.75, 3.05) is 13.1 Å².